The molecule has 3 aromatic rings. The molecule has 24 heavy (non-hydrogen) atoms. The van der Waals surface area contributed by atoms with Gasteiger partial charge in [-0.15, -0.1) is 0 Å². The van der Waals surface area contributed by atoms with E-state index in [9.17, 15) is 9.59 Å². The number of hydrogen-bond donors (Lipinski definition) is 1. The summed E-state index contributed by atoms with van der Waals surface area (Å²) in [6.45, 7) is 1.08. The van der Waals surface area contributed by atoms with Crippen molar-refractivity contribution in [3.63, 3.8) is 0 Å². The molecule has 0 aliphatic carbocycles. The predicted molar refractivity (Wildman–Crippen MR) is 91.6 cm³/mol. The molecule has 4 heteroatoms. The molecule has 1 aromatic heterocycles. The maximum atomic E-state index is 12.9. The van der Waals surface area contributed by atoms with Crippen LogP contribution in [0.4, 0.5) is 0 Å². The zero-order chi connectivity index (χ0) is 16.5. The van der Waals surface area contributed by atoms with Crippen molar-refractivity contribution in [3.05, 3.63) is 83.2 Å². The SMILES string of the molecule is O=Cc1ccc(C(=O)N2Cc3ccccc3-c3ccccc3C2)[nH]1. The lowest BCUT2D eigenvalue weighted by molar-refractivity contribution is 0.0727. The number of carbonyl (C=O) groups excluding carboxylic acids is 2. The Kier molecular flexibility index (Phi) is 3.50. The van der Waals surface area contributed by atoms with E-state index >= 15 is 0 Å². The number of hydrogen-bond acceptors (Lipinski definition) is 2. The summed E-state index contributed by atoms with van der Waals surface area (Å²) < 4.78 is 0. The summed E-state index contributed by atoms with van der Waals surface area (Å²) in [7, 11) is 0. The van der Waals surface area contributed by atoms with E-state index in [0.717, 1.165) is 11.1 Å². The number of aromatic amines is 1. The number of H-pyrrole nitrogens is 1. The van der Waals surface area contributed by atoms with E-state index in [1.807, 2.05) is 29.2 Å². The van der Waals surface area contributed by atoms with E-state index < -0.39 is 0 Å². The zero-order valence-electron chi connectivity index (χ0n) is 13.0. The molecule has 0 spiro atoms. The fourth-order valence-electron chi connectivity index (χ4n) is 3.23. The number of aldehydes is 1. The van der Waals surface area contributed by atoms with E-state index in [-0.39, 0.29) is 5.91 Å². The molecule has 2 aromatic carbocycles. The lowest BCUT2D eigenvalue weighted by Crippen LogP contribution is -2.29. The molecule has 1 amide bonds. The van der Waals surface area contributed by atoms with Gasteiger partial charge < -0.3 is 9.88 Å². The maximum absolute atomic E-state index is 12.9. The van der Waals surface area contributed by atoms with Crippen molar-refractivity contribution in [1.82, 2.24) is 9.88 Å². The van der Waals surface area contributed by atoms with Gasteiger partial charge in [0.15, 0.2) is 6.29 Å². The molecule has 4 rings (SSSR count). The first-order valence-electron chi connectivity index (χ1n) is 7.86. The lowest BCUT2D eigenvalue weighted by atomic mass is 9.97. The smallest absolute Gasteiger partial charge is 0.270 e. The fraction of sp³-hybridized carbons (Fsp3) is 0.100. The van der Waals surface area contributed by atoms with Gasteiger partial charge in [-0.3, -0.25) is 9.59 Å². The number of rotatable bonds is 2. The molecule has 0 fully saturated rings. The van der Waals surface area contributed by atoms with Crippen LogP contribution in [0.3, 0.4) is 0 Å². The molecule has 118 valence electrons. The minimum Gasteiger partial charge on any atom is -0.348 e. The Balaban J connectivity index is 1.77. The third-order valence-electron chi connectivity index (χ3n) is 4.40. The van der Waals surface area contributed by atoms with Gasteiger partial charge in [0, 0.05) is 13.1 Å². The summed E-state index contributed by atoms with van der Waals surface area (Å²) in [6, 6.07) is 19.6. The van der Waals surface area contributed by atoms with Gasteiger partial charge in [-0.2, -0.15) is 0 Å². The van der Waals surface area contributed by atoms with Gasteiger partial charge in [-0.25, -0.2) is 0 Å². The van der Waals surface area contributed by atoms with E-state index in [2.05, 4.69) is 29.2 Å². The maximum Gasteiger partial charge on any atom is 0.270 e. The Morgan fingerprint density at radius 3 is 2.00 bits per heavy atom. The van der Waals surface area contributed by atoms with Crippen molar-refractivity contribution in [3.8, 4) is 11.1 Å². The minimum atomic E-state index is -0.102. The quantitative estimate of drug-likeness (QED) is 0.734. The van der Waals surface area contributed by atoms with Crippen molar-refractivity contribution >= 4 is 12.2 Å². The number of aromatic nitrogens is 1. The van der Waals surface area contributed by atoms with Gasteiger partial charge in [0.1, 0.15) is 5.69 Å². The van der Waals surface area contributed by atoms with Crippen LogP contribution in [0.2, 0.25) is 0 Å². The Hall–Kier alpha value is -3.14. The summed E-state index contributed by atoms with van der Waals surface area (Å²) in [5.41, 5.74) is 5.44. The van der Waals surface area contributed by atoms with Gasteiger partial charge in [-0.05, 0) is 34.4 Å². The molecule has 0 atom stereocenters. The van der Waals surface area contributed by atoms with E-state index in [0.29, 0.717) is 30.8 Å². The van der Waals surface area contributed by atoms with Crippen LogP contribution in [0.25, 0.3) is 11.1 Å². The third kappa shape index (κ3) is 2.42. The third-order valence-corrected chi connectivity index (χ3v) is 4.40. The number of fused-ring (bicyclic) bond motifs is 3. The first kappa shape index (κ1) is 14.5. The normalized spacial score (nSPS) is 12.9. The van der Waals surface area contributed by atoms with Crippen LogP contribution in [0.15, 0.2) is 60.7 Å². The van der Waals surface area contributed by atoms with E-state index in [4.69, 9.17) is 0 Å². The topological polar surface area (TPSA) is 53.2 Å². The number of nitrogens with zero attached hydrogens (tertiary/aromatic N) is 1. The Labute approximate surface area is 139 Å². The highest BCUT2D eigenvalue weighted by molar-refractivity contribution is 5.94. The molecule has 0 saturated heterocycles. The highest BCUT2D eigenvalue weighted by Crippen LogP contribution is 2.32. The molecule has 0 saturated carbocycles. The molecule has 1 aliphatic heterocycles. The van der Waals surface area contributed by atoms with Crippen LogP contribution in [0.1, 0.15) is 32.1 Å². The molecule has 0 unspecified atom stereocenters. The Morgan fingerprint density at radius 2 is 1.46 bits per heavy atom. The molecular weight excluding hydrogens is 300 g/mol. The van der Waals surface area contributed by atoms with Gasteiger partial charge in [0.2, 0.25) is 0 Å². The zero-order valence-corrected chi connectivity index (χ0v) is 13.0. The highest BCUT2D eigenvalue weighted by Gasteiger charge is 2.24. The average molecular weight is 316 g/mol. The highest BCUT2D eigenvalue weighted by atomic mass is 16.2. The summed E-state index contributed by atoms with van der Waals surface area (Å²) in [5.74, 6) is -0.102. The van der Waals surface area contributed by atoms with Crippen molar-refractivity contribution in [2.24, 2.45) is 0 Å². The van der Waals surface area contributed by atoms with E-state index in [1.165, 1.54) is 11.1 Å². The van der Waals surface area contributed by atoms with E-state index in [1.54, 1.807) is 12.1 Å². The van der Waals surface area contributed by atoms with Crippen molar-refractivity contribution < 1.29 is 9.59 Å². The molecule has 0 radical (unpaired) electrons. The molecule has 0 bridgehead atoms. The standard InChI is InChI=1S/C20H16N2O2/c23-13-16-9-10-19(21-16)20(24)22-11-14-5-1-3-7-17(14)18-8-4-2-6-15(18)12-22/h1-10,13,21H,11-12H2. The van der Waals surface area contributed by atoms with Gasteiger partial charge in [0.25, 0.3) is 5.91 Å². The van der Waals surface area contributed by atoms with Gasteiger partial charge in [-0.1, -0.05) is 48.5 Å². The van der Waals surface area contributed by atoms with Crippen LogP contribution in [0.5, 0.6) is 0 Å². The summed E-state index contributed by atoms with van der Waals surface area (Å²) >= 11 is 0. The second-order valence-corrected chi connectivity index (χ2v) is 5.92. The Morgan fingerprint density at radius 1 is 0.875 bits per heavy atom. The second kappa shape index (κ2) is 5.81. The van der Waals surface area contributed by atoms with Crippen LogP contribution in [-0.2, 0) is 13.1 Å². The van der Waals surface area contributed by atoms with Crippen LogP contribution < -0.4 is 0 Å². The number of amides is 1. The first-order chi connectivity index (χ1) is 11.8. The van der Waals surface area contributed by atoms with Crippen LogP contribution >= 0.6 is 0 Å². The summed E-state index contributed by atoms with van der Waals surface area (Å²) in [5, 5.41) is 0. The molecule has 1 aliphatic rings. The van der Waals surface area contributed by atoms with Crippen LogP contribution in [0, 0.1) is 0 Å². The second-order valence-electron chi connectivity index (χ2n) is 5.92. The summed E-state index contributed by atoms with van der Waals surface area (Å²) in [6.07, 6.45) is 0.712. The fourth-order valence-corrected chi connectivity index (χ4v) is 3.23. The van der Waals surface area contributed by atoms with Crippen molar-refractivity contribution in [2.75, 3.05) is 0 Å². The van der Waals surface area contributed by atoms with Crippen molar-refractivity contribution in [2.45, 2.75) is 13.1 Å². The number of nitrogens with one attached hydrogen (secondary N) is 1. The van der Waals surface area contributed by atoms with Crippen LogP contribution in [-0.4, -0.2) is 22.1 Å². The lowest BCUT2D eigenvalue weighted by Gasteiger charge is -2.20. The molecule has 2 heterocycles. The number of carbonyl (C=O) groups is 2. The molecule has 4 nitrogen and oxygen atoms in total. The monoisotopic (exact) mass is 316 g/mol. The molecular formula is C20H16N2O2. The largest absolute Gasteiger partial charge is 0.348 e. The Bertz CT molecular complexity index is 879. The number of benzene rings is 2. The first-order valence-corrected chi connectivity index (χ1v) is 7.86. The van der Waals surface area contributed by atoms with Crippen molar-refractivity contribution in [1.29, 1.82) is 0 Å². The average Bonchev–Trinajstić information content (AvgIpc) is 3.04. The van der Waals surface area contributed by atoms with Gasteiger partial charge in [0.05, 0.1) is 5.69 Å². The summed E-state index contributed by atoms with van der Waals surface area (Å²) in [4.78, 5) is 28.4. The van der Waals surface area contributed by atoms with Gasteiger partial charge >= 0.3 is 0 Å². The predicted octanol–water partition coefficient (Wildman–Crippen LogP) is 3.65. The minimum absolute atomic E-state index is 0.102. The molecule has 1 N–H and O–H groups in total.